The molecule has 0 saturated heterocycles. The molecule has 4 aromatic rings. The van der Waals surface area contributed by atoms with Crippen LogP contribution in [0.5, 0.6) is 0 Å². The third-order valence-electron chi connectivity index (χ3n) is 4.91. The summed E-state index contributed by atoms with van der Waals surface area (Å²) in [6.07, 6.45) is 0. The highest BCUT2D eigenvalue weighted by Gasteiger charge is 2.14. The maximum Gasteiger partial charge on any atom is 0.234 e. The first kappa shape index (κ1) is 20.2. The van der Waals surface area contributed by atoms with Crippen LogP contribution in [0.2, 0.25) is 0 Å². The Morgan fingerprint density at radius 3 is 2.63 bits per heavy atom. The Morgan fingerprint density at radius 1 is 1.07 bits per heavy atom. The second-order valence-corrected chi connectivity index (χ2v) is 8.19. The maximum absolute atomic E-state index is 13.0. The molecule has 0 bridgehead atoms. The quantitative estimate of drug-likeness (QED) is 0.416. The van der Waals surface area contributed by atoms with Gasteiger partial charge in [-0.2, -0.15) is 0 Å². The molecule has 1 heterocycles. The fraction of sp³-hybridized carbons (Fsp3) is 0.167. The van der Waals surface area contributed by atoms with Crippen molar-refractivity contribution in [1.82, 2.24) is 9.55 Å². The van der Waals surface area contributed by atoms with Gasteiger partial charge in [-0.25, -0.2) is 9.37 Å². The van der Waals surface area contributed by atoms with E-state index in [4.69, 9.17) is 4.98 Å². The van der Waals surface area contributed by atoms with Crippen molar-refractivity contribution < 1.29 is 9.18 Å². The van der Waals surface area contributed by atoms with E-state index >= 15 is 0 Å². The Kier molecular flexibility index (Phi) is 5.86. The van der Waals surface area contributed by atoms with E-state index in [2.05, 4.69) is 48.0 Å². The predicted molar refractivity (Wildman–Crippen MR) is 121 cm³/mol. The number of benzene rings is 3. The smallest absolute Gasteiger partial charge is 0.234 e. The van der Waals surface area contributed by atoms with Crippen LogP contribution in [0.25, 0.3) is 11.0 Å². The zero-order valence-electron chi connectivity index (χ0n) is 16.9. The van der Waals surface area contributed by atoms with Gasteiger partial charge in [-0.05, 0) is 61.4 Å². The van der Waals surface area contributed by atoms with Crippen LogP contribution in [0.3, 0.4) is 0 Å². The molecule has 30 heavy (non-hydrogen) atoms. The average molecular weight is 420 g/mol. The van der Waals surface area contributed by atoms with Crippen LogP contribution in [0.15, 0.2) is 71.9 Å². The zero-order chi connectivity index (χ0) is 21.1. The third-order valence-corrected chi connectivity index (χ3v) is 5.89. The van der Waals surface area contributed by atoms with Gasteiger partial charge in [0, 0.05) is 5.69 Å². The van der Waals surface area contributed by atoms with Gasteiger partial charge in [0.1, 0.15) is 5.82 Å². The van der Waals surface area contributed by atoms with Gasteiger partial charge in [-0.15, -0.1) is 0 Å². The number of carbonyl (C=O) groups excluding carboxylic acids is 1. The van der Waals surface area contributed by atoms with E-state index in [-0.39, 0.29) is 17.5 Å². The Bertz CT molecular complexity index is 1200. The van der Waals surface area contributed by atoms with Crippen molar-refractivity contribution in [3.8, 4) is 0 Å². The van der Waals surface area contributed by atoms with Gasteiger partial charge < -0.3 is 9.88 Å². The lowest BCUT2D eigenvalue weighted by Crippen LogP contribution is -2.14. The lowest BCUT2D eigenvalue weighted by Gasteiger charge is -2.12. The van der Waals surface area contributed by atoms with Crippen molar-refractivity contribution in [1.29, 1.82) is 0 Å². The molecule has 152 valence electrons. The van der Waals surface area contributed by atoms with Crippen LogP contribution in [-0.2, 0) is 11.3 Å². The molecule has 0 radical (unpaired) electrons. The molecule has 0 unspecified atom stereocenters. The summed E-state index contributed by atoms with van der Waals surface area (Å²) < 4.78 is 15.2. The molecule has 0 spiro atoms. The van der Waals surface area contributed by atoms with Gasteiger partial charge in [0.15, 0.2) is 5.16 Å². The van der Waals surface area contributed by atoms with E-state index in [1.54, 1.807) is 12.1 Å². The largest absolute Gasteiger partial charge is 0.325 e. The number of thioether (sulfide) groups is 1. The summed E-state index contributed by atoms with van der Waals surface area (Å²) in [5.74, 6) is -0.271. The van der Waals surface area contributed by atoms with Crippen LogP contribution in [0, 0.1) is 19.7 Å². The number of amides is 1. The number of imidazole rings is 1. The highest BCUT2D eigenvalue weighted by molar-refractivity contribution is 7.99. The molecular weight excluding hydrogens is 397 g/mol. The normalized spacial score (nSPS) is 11.0. The number of anilines is 1. The highest BCUT2D eigenvalue weighted by atomic mass is 32.2. The van der Waals surface area contributed by atoms with Crippen LogP contribution in [-0.4, -0.2) is 21.2 Å². The molecule has 1 aromatic heterocycles. The minimum absolute atomic E-state index is 0.156. The summed E-state index contributed by atoms with van der Waals surface area (Å²) in [4.78, 5) is 17.1. The molecule has 1 N–H and O–H groups in total. The molecule has 4 rings (SSSR count). The lowest BCUT2D eigenvalue weighted by molar-refractivity contribution is -0.113. The average Bonchev–Trinajstić information content (AvgIpc) is 3.08. The second-order valence-electron chi connectivity index (χ2n) is 7.24. The number of hydrogen-bond acceptors (Lipinski definition) is 3. The van der Waals surface area contributed by atoms with Crippen molar-refractivity contribution >= 4 is 34.4 Å². The Balaban J connectivity index is 1.56. The molecule has 1 amide bonds. The van der Waals surface area contributed by atoms with E-state index in [1.165, 1.54) is 40.6 Å². The Labute approximate surface area is 179 Å². The number of aryl methyl sites for hydroxylation is 2. The highest BCUT2D eigenvalue weighted by Crippen LogP contribution is 2.26. The van der Waals surface area contributed by atoms with Crippen molar-refractivity contribution in [2.45, 2.75) is 25.5 Å². The van der Waals surface area contributed by atoms with Gasteiger partial charge in [-0.1, -0.05) is 47.7 Å². The standard InChI is InChI=1S/C24H22FN3OS/c1-16-7-8-17(2)18(13-16)14-28-22-6-4-3-5-21(22)27-24(28)30-15-23(29)26-20-11-9-19(25)10-12-20/h3-13H,14-15H2,1-2H3,(H,26,29). The van der Waals surface area contributed by atoms with Crippen LogP contribution in [0.1, 0.15) is 16.7 Å². The van der Waals surface area contributed by atoms with Gasteiger partial charge in [0.05, 0.1) is 23.3 Å². The molecule has 0 aliphatic heterocycles. The molecular formula is C24H22FN3OS. The number of carbonyl (C=O) groups is 1. The third kappa shape index (κ3) is 4.54. The molecule has 6 heteroatoms. The number of para-hydroxylation sites is 2. The van der Waals surface area contributed by atoms with Crippen molar-refractivity contribution in [3.63, 3.8) is 0 Å². The van der Waals surface area contributed by atoms with Gasteiger partial charge >= 0.3 is 0 Å². The Hall–Kier alpha value is -3.12. The van der Waals surface area contributed by atoms with Gasteiger partial charge in [0.2, 0.25) is 5.91 Å². The number of halogens is 1. The summed E-state index contributed by atoms with van der Waals surface area (Å²) >= 11 is 1.40. The molecule has 3 aromatic carbocycles. The van der Waals surface area contributed by atoms with E-state index in [0.29, 0.717) is 12.2 Å². The van der Waals surface area contributed by atoms with E-state index in [0.717, 1.165) is 16.2 Å². The molecule has 0 aliphatic rings. The lowest BCUT2D eigenvalue weighted by atomic mass is 10.1. The SMILES string of the molecule is Cc1ccc(C)c(Cn2c(SCC(=O)Nc3ccc(F)cc3)nc3ccccc32)c1. The first-order valence-corrected chi connectivity index (χ1v) is 10.7. The van der Waals surface area contributed by atoms with E-state index in [1.807, 2.05) is 18.2 Å². The topological polar surface area (TPSA) is 46.9 Å². The summed E-state index contributed by atoms with van der Waals surface area (Å²) in [6, 6.07) is 20.2. The van der Waals surface area contributed by atoms with Crippen LogP contribution < -0.4 is 5.32 Å². The van der Waals surface area contributed by atoms with Gasteiger partial charge in [-0.3, -0.25) is 4.79 Å². The van der Waals surface area contributed by atoms with Gasteiger partial charge in [0.25, 0.3) is 0 Å². The molecule has 0 atom stereocenters. The monoisotopic (exact) mass is 419 g/mol. The molecule has 0 fully saturated rings. The van der Waals surface area contributed by atoms with Crippen molar-refractivity contribution in [2.24, 2.45) is 0 Å². The number of nitrogens with one attached hydrogen (secondary N) is 1. The summed E-state index contributed by atoms with van der Waals surface area (Å²) in [7, 11) is 0. The predicted octanol–water partition coefficient (Wildman–Crippen LogP) is 5.57. The number of nitrogens with zero attached hydrogens (tertiary/aromatic N) is 2. The number of hydrogen-bond donors (Lipinski definition) is 1. The molecule has 4 nitrogen and oxygen atoms in total. The minimum Gasteiger partial charge on any atom is -0.325 e. The van der Waals surface area contributed by atoms with E-state index in [9.17, 15) is 9.18 Å². The fourth-order valence-electron chi connectivity index (χ4n) is 3.32. The fourth-order valence-corrected chi connectivity index (χ4v) is 4.13. The first-order chi connectivity index (χ1) is 14.5. The van der Waals surface area contributed by atoms with Crippen LogP contribution >= 0.6 is 11.8 Å². The van der Waals surface area contributed by atoms with Crippen molar-refractivity contribution in [2.75, 3.05) is 11.1 Å². The number of fused-ring (bicyclic) bond motifs is 1. The van der Waals surface area contributed by atoms with Crippen LogP contribution in [0.4, 0.5) is 10.1 Å². The van der Waals surface area contributed by atoms with Crippen molar-refractivity contribution in [3.05, 3.63) is 89.2 Å². The maximum atomic E-state index is 13.0. The summed E-state index contributed by atoms with van der Waals surface area (Å²) in [5.41, 5.74) is 6.20. The minimum atomic E-state index is -0.331. The first-order valence-electron chi connectivity index (χ1n) is 9.69. The molecule has 0 aliphatic carbocycles. The summed E-state index contributed by atoms with van der Waals surface area (Å²) in [5, 5.41) is 3.59. The second kappa shape index (κ2) is 8.71. The zero-order valence-corrected chi connectivity index (χ0v) is 17.7. The number of aromatic nitrogens is 2. The Morgan fingerprint density at radius 2 is 1.83 bits per heavy atom. The summed E-state index contributed by atoms with van der Waals surface area (Å²) in [6.45, 7) is 4.89. The number of rotatable bonds is 6. The van der Waals surface area contributed by atoms with E-state index < -0.39 is 0 Å². The molecule has 0 saturated carbocycles.